The zero-order chi connectivity index (χ0) is 11.5. The van der Waals surface area contributed by atoms with Crippen molar-refractivity contribution < 1.29 is 9.53 Å². The van der Waals surface area contributed by atoms with Crippen LogP contribution in [-0.2, 0) is 9.53 Å². The van der Waals surface area contributed by atoms with Crippen LogP contribution in [0.3, 0.4) is 0 Å². The third kappa shape index (κ3) is 9.40. The lowest BCUT2D eigenvalue weighted by Crippen LogP contribution is -2.31. The minimum atomic E-state index is -0.558. The Morgan fingerprint density at radius 3 is 2.80 bits per heavy atom. The zero-order valence-corrected chi connectivity index (χ0v) is 9.08. The molecule has 0 heterocycles. The molecular formula is C10H21N3O2. The van der Waals surface area contributed by atoms with Crippen molar-refractivity contribution in [2.75, 3.05) is 19.6 Å². The van der Waals surface area contributed by atoms with Crippen LogP contribution in [0.5, 0.6) is 0 Å². The van der Waals surface area contributed by atoms with Crippen LogP contribution in [0.1, 0.15) is 19.3 Å². The average molecular weight is 215 g/mol. The molecule has 0 amide bonds. The highest BCUT2D eigenvalue weighted by Crippen LogP contribution is 1.91. The lowest BCUT2D eigenvalue weighted by atomic mass is 10.3. The quantitative estimate of drug-likeness (QED) is 0.213. The molecule has 0 rings (SSSR count). The molecule has 0 aliphatic heterocycles. The summed E-state index contributed by atoms with van der Waals surface area (Å²) >= 11 is 0. The lowest BCUT2D eigenvalue weighted by Gasteiger charge is -2.11. The highest BCUT2D eigenvalue weighted by molar-refractivity contribution is 5.81. The van der Waals surface area contributed by atoms with E-state index >= 15 is 0 Å². The second-order valence-corrected chi connectivity index (χ2v) is 3.21. The topological polar surface area (TPSA) is 90.4 Å². The molecule has 5 heteroatoms. The van der Waals surface area contributed by atoms with Crippen molar-refractivity contribution in [2.45, 2.75) is 25.5 Å². The van der Waals surface area contributed by atoms with Gasteiger partial charge >= 0.3 is 5.97 Å². The van der Waals surface area contributed by atoms with E-state index < -0.39 is 12.2 Å². The minimum Gasteiger partial charge on any atom is -0.444 e. The molecule has 0 spiro atoms. The number of carbonyl (C=O) groups is 1. The summed E-state index contributed by atoms with van der Waals surface area (Å²) in [6.07, 6.45) is 3.22. The van der Waals surface area contributed by atoms with E-state index in [2.05, 4.69) is 11.9 Å². The second-order valence-electron chi connectivity index (χ2n) is 3.21. The normalized spacial score (nSPS) is 12.1. The molecule has 0 saturated heterocycles. The molecule has 5 nitrogen and oxygen atoms in total. The first-order valence-electron chi connectivity index (χ1n) is 5.20. The van der Waals surface area contributed by atoms with Gasteiger partial charge in [-0.25, -0.2) is 4.79 Å². The fourth-order valence-corrected chi connectivity index (χ4v) is 1.02. The standard InChI is InChI=1S/C10H21N3O2/c1-2-10(14)15-9(12)5-8-13-7-4-3-6-11/h2,9,13H,1,3-8,11-12H2. The van der Waals surface area contributed by atoms with Gasteiger partial charge in [0.05, 0.1) is 0 Å². The molecule has 1 atom stereocenters. The molecule has 0 radical (unpaired) electrons. The molecule has 0 fully saturated rings. The zero-order valence-electron chi connectivity index (χ0n) is 9.08. The fraction of sp³-hybridized carbons (Fsp3) is 0.700. The summed E-state index contributed by atoms with van der Waals surface area (Å²) in [5.74, 6) is -0.481. The molecule has 88 valence electrons. The molecule has 0 aromatic rings. The van der Waals surface area contributed by atoms with Gasteiger partial charge in [-0.1, -0.05) is 6.58 Å². The van der Waals surface area contributed by atoms with Crippen LogP contribution in [0.2, 0.25) is 0 Å². The van der Waals surface area contributed by atoms with Gasteiger partial charge in [0.15, 0.2) is 6.23 Å². The number of nitrogens with two attached hydrogens (primary N) is 2. The van der Waals surface area contributed by atoms with Crippen LogP contribution in [0.4, 0.5) is 0 Å². The van der Waals surface area contributed by atoms with E-state index in [0.717, 1.165) is 38.6 Å². The first-order chi connectivity index (χ1) is 7.20. The Bertz CT molecular complexity index is 186. The average Bonchev–Trinajstić information content (AvgIpc) is 2.23. The summed E-state index contributed by atoms with van der Waals surface area (Å²) in [4.78, 5) is 10.7. The highest BCUT2D eigenvalue weighted by Gasteiger charge is 2.05. The van der Waals surface area contributed by atoms with Gasteiger partial charge in [-0.05, 0) is 32.5 Å². The third-order valence-corrected chi connectivity index (χ3v) is 1.85. The first kappa shape index (κ1) is 14.1. The van der Waals surface area contributed by atoms with Gasteiger partial charge < -0.3 is 15.8 Å². The monoisotopic (exact) mass is 215 g/mol. The number of rotatable bonds is 9. The Labute approximate surface area is 90.8 Å². The van der Waals surface area contributed by atoms with E-state index in [-0.39, 0.29) is 0 Å². The summed E-state index contributed by atoms with van der Waals surface area (Å²) in [6, 6.07) is 0. The van der Waals surface area contributed by atoms with Crippen molar-refractivity contribution in [3.8, 4) is 0 Å². The predicted molar refractivity (Wildman–Crippen MR) is 60.0 cm³/mol. The summed E-state index contributed by atoms with van der Waals surface area (Å²) in [7, 11) is 0. The maximum absolute atomic E-state index is 10.7. The summed E-state index contributed by atoms with van der Waals surface area (Å²) < 4.78 is 4.79. The molecule has 0 bridgehead atoms. The van der Waals surface area contributed by atoms with Crippen LogP contribution < -0.4 is 16.8 Å². The minimum absolute atomic E-state index is 0.481. The van der Waals surface area contributed by atoms with Crippen LogP contribution in [-0.4, -0.2) is 31.8 Å². The van der Waals surface area contributed by atoms with E-state index in [9.17, 15) is 4.79 Å². The molecule has 0 aromatic heterocycles. The van der Waals surface area contributed by atoms with Crippen molar-refractivity contribution in [3.63, 3.8) is 0 Å². The van der Waals surface area contributed by atoms with Crippen LogP contribution in [0.15, 0.2) is 12.7 Å². The molecule has 15 heavy (non-hydrogen) atoms. The largest absolute Gasteiger partial charge is 0.444 e. The maximum Gasteiger partial charge on any atom is 0.331 e. The SMILES string of the molecule is C=CC(=O)OC(N)CCNCCCCN. The van der Waals surface area contributed by atoms with Gasteiger partial charge in [0, 0.05) is 12.5 Å². The number of esters is 1. The van der Waals surface area contributed by atoms with Gasteiger partial charge in [0.25, 0.3) is 0 Å². The van der Waals surface area contributed by atoms with Gasteiger partial charge in [-0.15, -0.1) is 0 Å². The van der Waals surface area contributed by atoms with Crippen LogP contribution in [0, 0.1) is 0 Å². The maximum atomic E-state index is 10.7. The van der Waals surface area contributed by atoms with Gasteiger partial charge in [-0.3, -0.25) is 5.73 Å². The lowest BCUT2D eigenvalue weighted by molar-refractivity contribution is -0.142. The number of carbonyl (C=O) groups excluding carboxylic acids is 1. The van der Waals surface area contributed by atoms with Crippen molar-refractivity contribution in [3.05, 3.63) is 12.7 Å². The Hall–Kier alpha value is -0.910. The summed E-state index contributed by atoms with van der Waals surface area (Å²) in [5.41, 5.74) is 10.9. The molecule has 5 N–H and O–H groups in total. The third-order valence-electron chi connectivity index (χ3n) is 1.85. The van der Waals surface area contributed by atoms with Gasteiger partial charge in [-0.2, -0.15) is 0 Å². The summed E-state index contributed by atoms with van der Waals surface area (Å²) in [5, 5.41) is 3.19. The van der Waals surface area contributed by atoms with Crippen molar-refractivity contribution in [1.82, 2.24) is 5.32 Å². The molecule has 0 aromatic carbocycles. The molecule has 0 aliphatic carbocycles. The van der Waals surface area contributed by atoms with Crippen molar-refractivity contribution in [1.29, 1.82) is 0 Å². The van der Waals surface area contributed by atoms with Gasteiger partial charge in [0.2, 0.25) is 0 Å². The number of hydrogen-bond acceptors (Lipinski definition) is 5. The van der Waals surface area contributed by atoms with E-state index in [0.29, 0.717) is 6.42 Å². The number of unbranched alkanes of at least 4 members (excludes halogenated alkanes) is 1. The van der Waals surface area contributed by atoms with Crippen molar-refractivity contribution in [2.24, 2.45) is 11.5 Å². The molecule has 0 saturated carbocycles. The molecule has 1 unspecified atom stereocenters. The number of hydrogen-bond donors (Lipinski definition) is 3. The van der Waals surface area contributed by atoms with E-state index in [1.807, 2.05) is 0 Å². The smallest absolute Gasteiger partial charge is 0.331 e. The first-order valence-corrected chi connectivity index (χ1v) is 5.20. The van der Waals surface area contributed by atoms with E-state index in [4.69, 9.17) is 16.2 Å². The van der Waals surface area contributed by atoms with Crippen molar-refractivity contribution >= 4 is 5.97 Å². The van der Waals surface area contributed by atoms with Gasteiger partial charge in [0.1, 0.15) is 0 Å². The highest BCUT2D eigenvalue weighted by atomic mass is 16.6. The second kappa shape index (κ2) is 9.64. The Morgan fingerprint density at radius 2 is 2.20 bits per heavy atom. The number of nitrogens with one attached hydrogen (secondary N) is 1. The Kier molecular flexibility index (Phi) is 9.05. The van der Waals surface area contributed by atoms with Crippen LogP contribution >= 0.6 is 0 Å². The summed E-state index contributed by atoms with van der Waals surface area (Å²) in [6.45, 7) is 5.65. The Morgan fingerprint density at radius 1 is 1.47 bits per heavy atom. The van der Waals surface area contributed by atoms with Crippen LogP contribution in [0.25, 0.3) is 0 Å². The van der Waals surface area contributed by atoms with E-state index in [1.54, 1.807) is 0 Å². The molecular weight excluding hydrogens is 194 g/mol. The predicted octanol–water partition coefficient (Wildman–Crippen LogP) is -0.281. The molecule has 0 aliphatic rings. The Balaban J connectivity index is 3.27. The van der Waals surface area contributed by atoms with E-state index in [1.165, 1.54) is 0 Å². The fourth-order valence-electron chi connectivity index (χ4n) is 1.02. The number of ether oxygens (including phenoxy) is 1.